The first kappa shape index (κ1) is 14.0. The van der Waals surface area contributed by atoms with E-state index in [9.17, 15) is 0 Å². The number of rotatable bonds is 4. The molecule has 1 atom stereocenters. The van der Waals surface area contributed by atoms with Crippen molar-refractivity contribution in [3.05, 3.63) is 29.8 Å². The molecule has 3 rings (SSSR count). The molecule has 0 aromatic carbocycles. The molecule has 2 aromatic rings. The van der Waals surface area contributed by atoms with E-state index in [2.05, 4.69) is 51.8 Å². The molecule has 3 heterocycles. The number of aromatic nitrogens is 4. The summed E-state index contributed by atoms with van der Waals surface area (Å²) in [4.78, 5) is 15.5. The molecule has 112 valence electrons. The van der Waals surface area contributed by atoms with Crippen LogP contribution in [0.3, 0.4) is 0 Å². The fourth-order valence-electron chi connectivity index (χ4n) is 2.66. The number of hydrogen-bond acceptors (Lipinski definition) is 6. The Morgan fingerprint density at radius 1 is 1.38 bits per heavy atom. The Kier molecular flexibility index (Phi) is 3.86. The summed E-state index contributed by atoms with van der Waals surface area (Å²) in [6, 6.07) is 2.21. The van der Waals surface area contributed by atoms with Crippen LogP contribution in [0, 0.1) is 0 Å². The van der Waals surface area contributed by atoms with Gasteiger partial charge in [0.25, 0.3) is 0 Å². The third-order valence-electron chi connectivity index (χ3n) is 3.87. The molecule has 0 aliphatic carbocycles. The first-order chi connectivity index (χ1) is 10.2. The third kappa shape index (κ3) is 2.75. The maximum Gasteiger partial charge on any atom is 0.229 e. The van der Waals surface area contributed by atoms with Crippen molar-refractivity contribution in [1.29, 1.82) is 0 Å². The highest BCUT2D eigenvalue weighted by Gasteiger charge is 2.31. The molecule has 6 nitrogen and oxygen atoms in total. The topological polar surface area (TPSA) is 67.9 Å². The van der Waals surface area contributed by atoms with Gasteiger partial charge < -0.3 is 9.42 Å². The summed E-state index contributed by atoms with van der Waals surface area (Å²) < 4.78 is 5.35. The van der Waals surface area contributed by atoms with Crippen LogP contribution >= 0.6 is 0 Å². The van der Waals surface area contributed by atoms with Crippen molar-refractivity contribution in [2.24, 2.45) is 0 Å². The van der Waals surface area contributed by atoms with Gasteiger partial charge >= 0.3 is 0 Å². The highest BCUT2D eigenvalue weighted by atomic mass is 16.5. The second kappa shape index (κ2) is 5.79. The van der Waals surface area contributed by atoms with Crippen molar-refractivity contribution in [1.82, 2.24) is 20.1 Å². The normalized spacial score (nSPS) is 18.7. The second-order valence-corrected chi connectivity index (χ2v) is 5.72. The van der Waals surface area contributed by atoms with Crippen LogP contribution in [-0.2, 0) is 6.42 Å². The molecule has 1 saturated heterocycles. The molecule has 0 bridgehead atoms. The van der Waals surface area contributed by atoms with Gasteiger partial charge in [0.05, 0.1) is 6.04 Å². The molecule has 1 fully saturated rings. The van der Waals surface area contributed by atoms with E-state index in [0.29, 0.717) is 5.89 Å². The summed E-state index contributed by atoms with van der Waals surface area (Å²) in [6.45, 7) is 7.18. The minimum Gasteiger partial charge on any atom is -0.346 e. The summed E-state index contributed by atoms with van der Waals surface area (Å²) in [5, 5.41) is 4.17. The van der Waals surface area contributed by atoms with Crippen molar-refractivity contribution in [3.8, 4) is 0 Å². The molecule has 0 N–H and O–H groups in total. The SMILES string of the molecule is CCc1cc(N2CCCC2c2noc(C(C)C)n2)ncn1. The van der Waals surface area contributed by atoms with Crippen LogP contribution in [0.1, 0.15) is 63.0 Å². The number of anilines is 1. The molecule has 0 radical (unpaired) electrons. The summed E-state index contributed by atoms with van der Waals surface area (Å²) in [5.41, 5.74) is 1.06. The predicted molar refractivity (Wildman–Crippen MR) is 79.1 cm³/mol. The van der Waals surface area contributed by atoms with E-state index in [4.69, 9.17) is 4.52 Å². The quantitative estimate of drug-likeness (QED) is 0.861. The zero-order valence-electron chi connectivity index (χ0n) is 12.8. The lowest BCUT2D eigenvalue weighted by atomic mass is 10.2. The van der Waals surface area contributed by atoms with Crippen LogP contribution in [0.2, 0.25) is 0 Å². The van der Waals surface area contributed by atoms with Crippen molar-refractivity contribution in [2.45, 2.75) is 52.0 Å². The molecular formula is C15H21N5O. The van der Waals surface area contributed by atoms with E-state index in [1.165, 1.54) is 0 Å². The Bertz CT molecular complexity index is 610. The maximum atomic E-state index is 5.35. The molecule has 0 amide bonds. The average Bonchev–Trinajstić information content (AvgIpc) is 3.15. The highest BCUT2D eigenvalue weighted by molar-refractivity contribution is 5.42. The summed E-state index contributed by atoms with van der Waals surface area (Å²) >= 11 is 0. The monoisotopic (exact) mass is 287 g/mol. The summed E-state index contributed by atoms with van der Waals surface area (Å²) in [7, 11) is 0. The van der Waals surface area contributed by atoms with Crippen molar-refractivity contribution in [3.63, 3.8) is 0 Å². The first-order valence-corrected chi connectivity index (χ1v) is 7.60. The molecule has 0 saturated carbocycles. The van der Waals surface area contributed by atoms with E-state index in [-0.39, 0.29) is 12.0 Å². The molecule has 6 heteroatoms. The molecule has 1 aliphatic rings. The maximum absolute atomic E-state index is 5.35. The average molecular weight is 287 g/mol. The molecule has 1 unspecified atom stereocenters. The fraction of sp³-hybridized carbons (Fsp3) is 0.600. The molecule has 21 heavy (non-hydrogen) atoms. The Labute approximate surface area is 124 Å². The summed E-state index contributed by atoms with van der Waals surface area (Å²) in [6.07, 6.45) is 4.69. The Hall–Kier alpha value is -1.98. The van der Waals surface area contributed by atoms with Crippen LogP contribution < -0.4 is 4.90 Å². The van der Waals surface area contributed by atoms with E-state index < -0.39 is 0 Å². The first-order valence-electron chi connectivity index (χ1n) is 7.60. The summed E-state index contributed by atoms with van der Waals surface area (Å²) in [5.74, 6) is 2.69. The van der Waals surface area contributed by atoms with Crippen LogP contribution in [0.25, 0.3) is 0 Å². The number of aryl methyl sites for hydroxylation is 1. The smallest absolute Gasteiger partial charge is 0.229 e. The van der Waals surface area contributed by atoms with Gasteiger partial charge in [-0.2, -0.15) is 4.98 Å². The van der Waals surface area contributed by atoms with E-state index in [1.54, 1.807) is 6.33 Å². The lowest BCUT2D eigenvalue weighted by Gasteiger charge is -2.23. The van der Waals surface area contributed by atoms with Gasteiger partial charge in [0, 0.05) is 24.2 Å². The van der Waals surface area contributed by atoms with Gasteiger partial charge in [-0.25, -0.2) is 9.97 Å². The number of nitrogens with zero attached hydrogens (tertiary/aromatic N) is 5. The molecule has 2 aromatic heterocycles. The molecule has 0 spiro atoms. The van der Waals surface area contributed by atoms with Crippen molar-refractivity contribution >= 4 is 5.82 Å². The van der Waals surface area contributed by atoms with Gasteiger partial charge in [-0.1, -0.05) is 25.9 Å². The fourth-order valence-corrected chi connectivity index (χ4v) is 2.66. The predicted octanol–water partition coefficient (Wildman–Crippen LogP) is 2.89. The van der Waals surface area contributed by atoms with Gasteiger partial charge in [0.15, 0.2) is 5.82 Å². The number of hydrogen-bond donors (Lipinski definition) is 0. The van der Waals surface area contributed by atoms with Crippen LogP contribution in [0.15, 0.2) is 16.9 Å². The van der Waals surface area contributed by atoms with Gasteiger partial charge in [-0.3, -0.25) is 0 Å². The van der Waals surface area contributed by atoms with Gasteiger partial charge in [0.2, 0.25) is 5.89 Å². The third-order valence-corrected chi connectivity index (χ3v) is 3.87. The van der Waals surface area contributed by atoms with Gasteiger partial charge in [-0.05, 0) is 19.3 Å². The van der Waals surface area contributed by atoms with Crippen LogP contribution in [0.4, 0.5) is 5.82 Å². The lowest BCUT2D eigenvalue weighted by Crippen LogP contribution is -2.24. The van der Waals surface area contributed by atoms with E-state index in [0.717, 1.165) is 43.1 Å². The molecule has 1 aliphatic heterocycles. The van der Waals surface area contributed by atoms with Crippen LogP contribution in [-0.4, -0.2) is 26.7 Å². The van der Waals surface area contributed by atoms with E-state index >= 15 is 0 Å². The molecular weight excluding hydrogens is 266 g/mol. The Balaban J connectivity index is 1.87. The Morgan fingerprint density at radius 2 is 2.24 bits per heavy atom. The Morgan fingerprint density at radius 3 is 2.95 bits per heavy atom. The second-order valence-electron chi connectivity index (χ2n) is 5.72. The van der Waals surface area contributed by atoms with Gasteiger partial charge in [-0.15, -0.1) is 0 Å². The standard InChI is InChI=1S/C15H21N5O/c1-4-11-8-13(17-9-16-11)20-7-5-6-12(20)14-18-15(10(2)3)21-19-14/h8-10,12H,4-7H2,1-3H3. The minimum absolute atomic E-state index is 0.154. The van der Waals surface area contributed by atoms with E-state index in [1.807, 2.05) is 0 Å². The minimum atomic E-state index is 0.154. The zero-order valence-corrected chi connectivity index (χ0v) is 12.8. The van der Waals surface area contributed by atoms with Crippen molar-refractivity contribution < 1.29 is 4.52 Å². The highest BCUT2D eigenvalue weighted by Crippen LogP contribution is 2.34. The lowest BCUT2D eigenvalue weighted by molar-refractivity contribution is 0.358. The van der Waals surface area contributed by atoms with Crippen LogP contribution in [0.5, 0.6) is 0 Å². The van der Waals surface area contributed by atoms with Gasteiger partial charge in [0.1, 0.15) is 12.1 Å². The zero-order chi connectivity index (χ0) is 14.8. The largest absolute Gasteiger partial charge is 0.346 e. The van der Waals surface area contributed by atoms with Crippen molar-refractivity contribution in [2.75, 3.05) is 11.4 Å².